The molecule has 0 atom stereocenters. The lowest BCUT2D eigenvalue weighted by Gasteiger charge is -2.08. The molecular weight excluding hydrogens is 299 g/mol. The summed E-state index contributed by atoms with van der Waals surface area (Å²) in [5.41, 5.74) is -1.25. The fraction of sp³-hybridized carbons (Fsp3) is 0.182. The van der Waals surface area contributed by atoms with Gasteiger partial charge in [0.2, 0.25) is 12.0 Å². The Hall–Kier alpha value is -2.09. The molecular formula is C11H8ClF3N3O2+. The topological polar surface area (TPSA) is 62.8 Å². The highest BCUT2D eigenvalue weighted by Gasteiger charge is 2.36. The van der Waals surface area contributed by atoms with E-state index >= 15 is 0 Å². The van der Waals surface area contributed by atoms with Crippen molar-refractivity contribution in [2.75, 3.05) is 0 Å². The zero-order valence-electron chi connectivity index (χ0n) is 10.0. The molecule has 0 radical (unpaired) electrons. The maximum Gasteiger partial charge on any atom is 0.416 e. The standard InChI is InChI=1S/C11H7ClF3N3O2/c1-6-4-17(5-16-6)9-3-7(11(13,14)15)2-8(12)10(9)18(19)20/h2-5H,1H3/p+1. The number of imidazole rings is 1. The third-order valence-electron chi connectivity index (χ3n) is 2.60. The summed E-state index contributed by atoms with van der Waals surface area (Å²) < 4.78 is 39.5. The SMILES string of the molecule is Cc1c[n+](-c2cc(C(F)(F)F)cc(Cl)c2[N+](=O)[O-])c[nH]1. The number of nitrogens with one attached hydrogen (secondary N) is 1. The Morgan fingerprint density at radius 2 is 2.05 bits per heavy atom. The molecule has 0 aliphatic carbocycles. The normalized spacial score (nSPS) is 11.7. The van der Waals surface area contributed by atoms with E-state index in [4.69, 9.17) is 11.6 Å². The van der Waals surface area contributed by atoms with Gasteiger partial charge in [-0.2, -0.15) is 17.7 Å². The van der Waals surface area contributed by atoms with Gasteiger partial charge in [0.05, 0.1) is 10.5 Å². The fourth-order valence-electron chi connectivity index (χ4n) is 1.72. The minimum atomic E-state index is -4.64. The first kappa shape index (κ1) is 14.3. The molecule has 0 aliphatic rings. The van der Waals surface area contributed by atoms with Crippen LogP contribution in [0.25, 0.3) is 5.69 Å². The third kappa shape index (κ3) is 2.60. The van der Waals surface area contributed by atoms with Gasteiger partial charge in [-0.05, 0) is 6.07 Å². The lowest BCUT2D eigenvalue weighted by Crippen LogP contribution is -2.29. The Morgan fingerprint density at radius 3 is 2.50 bits per heavy atom. The zero-order chi connectivity index (χ0) is 15.1. The third-order valence-corrected chi connectivity index (χ3v) is 2.88. The fourth-order valence-corrected chi connectivity index (χ4v) is 2.00. The maximum absolute atomic E-state index is 12.8. The van der Waals surface area contributed by atoms with E-state index in [0.29, 0.717) is 17.8 Å². The van der Waals surface area contributed by atoms with Gasteiger partial charge in [0.15, 0.2) is 0 Å². The number of alkyl halides is 3. The second-order valence-electron chi connectivity index (χ2n) is 4.07. The molecule has 0 saturated carbocycles. The molecule has 0 aliphatic heterocycles. The van der Waals surface area contributed by atoms with Gasteiger partial charge in [-0.1, -0.05) is 11.6 Å². The molecule has 0 fully saturated rings. The molecule has 1 aromatic heterocycles. The second kappa shape index (κ2) is 4.78. The molecule has 106 valence electrons. The number of halogens is 4. The van der Waals surface area contributed by atoms with Gasteiger partial charge in [-0.3, -0.25) is 10.1 Å². The van der Waals surface area contributed by atoms with E-state index in [0.717, 1.165) is 0 Å². The number of aromatic nitrogens is 2. The Balaban J connectivity index is 2.75. The molecule has 5 nitrogen and oxygen atoms in total. The summed E-state index contributed by atoms with van der Waals surface area (Å²) in [4.78, 5) is 12.9. The van der Waals surface area contributed by atoms with Gasteiger partial charge in [-0.25, -0.2) is 4.98 Å². The number of nitro benzene ring substituents is 1. The van der Waals surface area contributed by atoms with Crippen molar-refractivity contribution in [3.8, 4) is 5.69 Å². The molecule has 0 bridgehead atoms. The van der Waals surface area contributed by atoms with Gasteiger partial charge in [0, 0.05) is 13.0 Å². The first-order valence-corrected chi connectivity index (χ1v) is 5.69. The molecule has 1 heterocycles. The number of nitrogens with zero attached hydrogens (tertiary/aromatic N) is 2. The molecule has 2 aromatic rings. The number of aromatic amines is 1. The minimum absolute atomic E-state index is 0.251. The summed E-state index contributed by atoms with van der Waals surface area (Å²) in [5.74, 6) is 0. The number of hydrogen-bond acceptors (Lipinski definition) is 2. The molecule has 0 saturated heterocycles. The van der Waals surface area contributed by atoms with E-state index in [-0.39, 0.29) is 5.69 Å². The van der Waals surface area contributed by atoms with Crippen LogP contribution in [0.1, 0.15) is 11.3 Å². The van der Waals surface area contributed by atoms with Crippen LogP contribution >= 0.6 is 11.6 Å². The number of H-pyrrole nitrogens is 1. The minimum Gasteiger partial charge on any atom is -0.258 e. The quantitative estimate of drug-likeness (QED) is 0.526. The van der Waals surface area contributed by atoms with E-state index < -0.39 is 27.4 Å². The molecule has 0 spiro atoms. The molecule has 0 amide bonds. The Bertz CT molecular complexity index is 682. The molecule has 2 rings (SSSR count). The van der Waals surface area contributed by atoms with Crippen LogP contribution < -0.4 is 4.57 Å². The highest BCUT2D eigenvalue weighted by Crippen LogP contribution is 2.37. The summed E-state index contributed by atoms with van der Waals surface area (Å²) >= 11 is 5.63. The van der Waals surface area contributed by atoms with Gasteiger partial charge >= 0.3 is 11.9 Å². The van der Waals surface area contributed by atoms with Gasteiger partial charge in [-0.15, -0.1) is 0 Å². The van der Waals surface area contributed by atoms with Gasteiger partial charge in [0.25, 0.3) is 0 Å². The summed E-state index contributed by atoms with van der Waals surface area (Å²) in [6, 6.07) is 1.24. The van der Waals surface area contributed by atoms with Crippen LogP contribution in [0, 0.1) is 17.0 Å². The lowest BCUT2D eigenvalue weighted by atomic mass is 10.1. The van der Waals surface area contributed by atoms with Crippen molar-refractivity contribution < 1.29 is 22.7 Å². The maximum atomic E-state index is 12.8. The Kier molecular flexibility index (Phi) is 3.43. The van der Waals surface area contributed by atoms with Crippen molar-refractivity contribution in [1.82, 2.24) is 4.98 Å². The van der Waals surface area contributed by atoms with E-state index in [2.05, 4.69) is 4.98 Å². The van der Waals surface area contributed by atoms with E-state index in [1.165, 1.54) is 17.1 Å². The average Bonchev–Trinajstić information content (AvgIpc) is 2.73. The van der Waals surface area contributed by atoms with Gasteiger partial charge < -0.3 is 0 Å². The Labute approximate surface area is 115 Å². The summed E-state index contributed by atoms with van der Waals surface area (Å²) in [6.07, 6.45) is -1.90. The number of nitro groups is 1. The van der Waals surface area contributed by atoms with Crippen LogP contribution in [0.5, 0.6) is 0 Å². The number of rotatable bonds is 2. The van der Waals surface area contributed by atoms with E-state index in [1.807, 2.05) is 0 Å². The first-order chi connectivity index (χ1) is 9.20. The van der Waals surface area contributed by atoms with Crippen molar-refractivity contribution in [2.24, 2.45) is 0 Å². The van der Waals surface area contributed by atoms with Crippen LogP contribution in [0.3, 0.4) is 0 Å². The van der Waals surface area contributed by atoms with Crippen molar-refractivity contribution in [1.29, 1.82) is 0 Å². The number of aryl methyl sites for hydroxylation is 1. The van der Waals surface area contributed by atoms with E-state index in [1.54, 1.807) is 6.92 Å². The smallest absolute Gasteiger partial charge is 0.258 e. The predicted molar refractivity (Wildman–Crippen MR) is 63.7 cm³/mol. The second-order valence-corrected chi connectivity index (χ2v) is 4.48. The van der Waals surface area contributed by atoms with Crippen molar-refractivity contribution in [3.63, 3.8) is 0 Å². The zero-order valence-corrected chi connectivity index (χ0v) is 10.8. The van der Waals surface area contributed by atoms with Crippen LogP contribution in [0.15, 0.2) is 24.7 Å². The van der Waals surface area contributed by atoms with E-state index in [9.17, 15) is 23.3 Å². The number of hydrogen-bond donors (Lipinski definition) is 1. The average molecular weight is 307 g/mol. The molecule has 1 N–H and O–H groups in total. The lowest BCUT2D eigenvalue weighted by molar-refractivity contribution is -0.599. The van der Waals surface area contributed by atoms with Crippen molar-refractivity contribution >= 4 is 17.3 Å². The van der Waals surface area contributed by atoms with Crippen LogP contribution in [0.2, 0.25) is 5.02 Å². The first-order valence-electron chi connectivity index (χ1n) is 5.32. The number of benzene rings is 1. The monoisotopic (exact) mass is 306 g/mol. The van der Waals surface area contributed by atoms with Crippen LogP contribution in [0.4, 0.5) is 18.9 Å². The molecule has 1 aromatic carbocycles. The van der Waals surface area contributed by atoms with Crippen molar-refractivity contribution in [3.05, 3.63) is 51.1 Å². The predicted octanol–water partition coefficient (Wildman–Crippen LogP) is 3.18. The van der Waals surface area contributed by atoms with Crippen molar-refractivity contribution in [2.45, 2.75) is 13.1 Å². The van der Waals surface area contributed by atoms with Gasteiger partial charge in [0.1, 0.15) is 16.9 Å². The highest BCUT2D eigenvalue weighted by atomic mass is 35.5. The summed E-state index contributed by atoms with van der Waals surface area (Å²) in [6.45, 7) is 1.66. The Morgan fingerprint density at radius 1 is 1.40 bits per heavy atom. The molecule has 20 heavy (non-hydrogen) atoms. The molecule has 9 heteroatoms. The summed E-state index contributed by atoms with van der Waals surface area (Å²) in [5, 5.41) is 10.4. The molecule has 0 unspecified atom stereocenters. The highest BCUT2D eigenvalue weighted by molar-refractivity contribution is 6.33. The van der Waals surface area contributed by atoms with Crippen LogP contribution in [-0.4, -0.2) is 9.91 Å². The van der Waals surface area contributed by atoms with Crippen LogP contribution in [-0.2, 0) is 6.18 Å². The summed E-state index contributed by atoms with van der Waals surface area (Å²) in [7, 11) is 0. The largest absolute Gasteiger partial charge is 0.416 e.